The molecule has 1 amide bonds. The third-order valence-corrected chi connectivity index (χ3v) is 5.98. The molecule has 2 aromatic carbocycles. The van der Waals surface area contributed by atoms with Crippen LogP contribution in [0.3, 0.4) is 0 Å². The van der Waals surface area contributed by atoms with Gasteiger partial charge >= 0.3 is 0 Å². The number of hydrogen-bond acceptors (Lipinski definition) is 6. The average molecular weight is 444 g/mol. The third-order valence-electron chi connectivity index (χ3n) is 5.98. The Kier molecular flexibility index (Phi) is 5.24. The number of amides is 1. The minimum atomic E-state index is -0.192. The molecule has 4 aromatic rings. The highest BCUT2D eigenvalue weighted by atomic mass is 16.7. The topological polar surface area (TPSA) is 86.5 Å². The predicted molar refractivity (Wildman–Crippen MR) is 125 cm³/mol. The van der Waals surface area contributed by atoms with Crippen molar-refractivity contribution in [3.05, 3.63) is 70.4 Å². The molecule has 0 radical (unpaired) electrons. The number of carbonyl (C=O) groups is 1. The Labute approximate surface area is 191 Å². The van der Waals surface area contributed by atoms with Crippen molar-refractivity contribution < 1.29 is 18.8 Å². The number of rotatable bonds is 5. The van der Waals surface area contributed by atoms with Crippen molar-refractivity contribution in [2.24, 2.45) is 0 Å². The number of ether oxygens (including phenoxy) is 2. The van der Waals surface area contributed by atoms with E-state index in [1.807, 2.05) is 25.1 Å². The number of aromatic nitrogens is 2. The van der Waals surface area contributed by atoms with Gasteiger partial charge in [-0.3, -0.25) is 4.79 Å². The first-order valence-corrected chi connectivity index (χ1v) is 11.0. The largest absolute Gasteiger partial charge is 0.454 e. The summed E-state index contributed by atoms with van der Waals surface area (Å²) in [6.07, 6.45) is 0.765. The molecule has 1 aliphatic rings. The average Bonchev–Trinajstić information content (AvgIpc) is 3.43. The first-order chi connectivity index (χ1) is 15.9. The molecular weight excluding hydrogens is 418 g/mol. The zero-order chi connectivity index (χ0) is 23.1. The summed E-state index contributed by atoms with van der Waals surface area (Å²) < 4.78 is 16.4. The van der Waals surface area contributed by atoms with Gasteiger partial charge < -0.3 is 19.3 Å². The molecule has 1 atom stereocenters. The number of benzene rings is 2. The molecule has 1 unspecified atom stereocenters. The van der Waals surface area contributed by atoms with E-state index in [4.69, 9.17) is 14.0 Å². The number of fused-ring (bicyclic) bond motifs is 2. The van der Waals surface area contributed by atoms with Crippen molar-refractivity contribution in [1.82, 2.24) is 15.5 Å². The SMILES string of the molecule is CCC(NC(=O)c1cc(C)nc2onc(-c3ccc4c(c3)OCO4)c12)c1ccc(C)cc1C. The predicted octanol–water partition coefficient (Wildman–Crippen LogP) is 5.42. The quantitative estimate of drug-likeness (QED) is 0.443. The van der Waals surface area contributed by atoms with Gasteiger partial charge in [0.25, 0.3) is 11.6 Å². The van der Waals surface area contributed by atoms with Crippen LogP contribution in [0.1, 0.15) is 52.1 Å². The second-order valence-corrected chi connectivity index (χ2v) is 8.38. The molecule has 5 rings (SSSR count). The first-order valence-electron chi connectivity index (χ1n) is 11.0. The van der Waals surface area contributed by atoms with Gasteiger partial charge in [-0.1, -0.05) is 35.8 Å². The van der Waals surface area contributed by atoms with Crippen LogP contribution in [0.25, 0.3) is 22.4 Å². The van der Waals surface area contributed by atoms with Gasteiger partial charge in [-0.05, 0) is 62.6 Å². The molecule has 0 saturated carbocycles. The van der Waals surface area contributed by atoms with Gasteiger partial charge in [-0.2, -0.15) is 0 Å². The molecule has 0 fully saturated rings. The minimum Gasteiger partial charge on any atom is -0.454 e. The van der Waals surface area contributed by atoms with Crippen molar-refractivity contribution in [3.8, 4) is 22.8 Å². The Morgan fingerprint density at radius 1 is 1.06 bits per heavy atom. The number of nitrogens with zero attached hydrogens (tertiary/aromatic N) is 2. The van der Waals surface area contributed by atoms with E-state index >= 15 is 0 Å². The van der Waals surface area contributed by atoms with E-state index in [0.29, 0.717) is 39.6 Å². The standard InChI is InChI=1S/C26H25N3O4/c1-5-20(18-8-6-14(2)10-15(18)3)28-25(30)19-11-16(4)27-26-23(19)24(29-33-26)17-7-9-21-22(12-17)32-13-31-21/h6-12,20H,5,13H2,1-4H3,(H,28,30). The summed E-state index contributed by atoms with van der Waals surface area (Å²) in [7, 11) is 0. The van der Waals surface area contributed by atoms with Gasteiger partial charge in [-0.15, -0.1) is 0 Å². The molecular formula is C26H25N3O4. The normalized spacial score (nSPS) is 13.3. The van der Waals surface area contributed by atoms with Gasteiger partial charge in [0.15, 0.2) is 11.5 Å². The van der Waals surface area contributed by atoms with Crippen LogP contribution < -0.4 is 14.8 Å². The van der Waals surface area contributed by atoms with Crippen LogP contribution in [-0.2, 0) is 0 Å². The third kappa shape index (κ3) is 3.80. The van der Waals surface area contributed by atoms with Gasteiger partial charge in [0.1, 0.15) is 5.69 Å². The highest BCUT2D eigenvalue weighted by molar-refractivity contribution is 6.09. The summed E-state index contributed by atoms with van der Waals surface area (Å²) >= 11 is 0. The van der Waals surface area contributed by atoms with Crippen molar-refractivity contribution >= 4 is 17.0 Å². The molecule has 33 heavy (non-hydrogen) atoms. The van der Waals surface area contributed by atoms with Crippen molar-refractivity contribution in [1.29, 1.82) is 0 Å². The fourth-order valence-corrected chi connectivity index (χ4v) is 4.35. The maximum absolute atomic E-state index is 13.5. The monoisotopic (exact) mass is 443 g/mol. The fraction of sp³-hybridized carbons (Fsp3) is 0.269. The molecule has 7 heteroatoms. The van der Waals surface area contributed by atoms with Crippen LogP contribution in [0.2, 0.25) is 0 Å². The lowest BCUT2D eigenvalue weighted by Crippen LogP contribution is -2.29. The van der Waals surface area contributed by atoms with Gasteiger partial charge in [0.05, 0.1) is 17.0 Å². The number of carbonyl (C=O) groups excluding carboxylic acids is 1. The van der Waals surface area contributed by atoms with E-state index in [1.54, 1.807) is 6.07 Å². The Balaban J connectivity index is 1.56. The van der Waals surface area contributed by atoms with Gasteiger partial charge in [0, 0.05) is 11.3 Å². The highest BCUT2D eigenvalue weighted by Gasteiger charge is 2.24. The summed E-state index contributed by atoms with van der Waals surface area (Å²) in [6.45, 7) is 8.22. The van der Waals surface area contributed by atoms with E-state index < -0.39 is 0 Å². The molecule has 0 spiro atoms. The molecule has 0 saturated heterocycles. The van der Waals surface area contributed by atoms with E-state index in [-0.39, 0.29) is 18.7 Å². The summed E-state index contributed by atoms with van der Waals surface area (Å²) in [5.74, 6) is 1.12. The molecule has 2 aromatic heterocycles. The van der Waals surface area contributed by atoms with E-state index in [1.165, 1.54) is 5.56 Å². The smallest absolute Gasteiger partial charge is 0.259 e. The highest BCUT2D eigenvalue weighted by Crippen LogP contribution is 2.38. The first kappa shape index (κ1) is 21.0. The van der Waals surface area contributed by atoms with Crippen LogP contribution in [-0.4, -0.2) is 22.8 Å². The zero-order valence-corrected chi connectivity index (χ0v) is 19.1. The lowest BCUT2D eigenvalue weighted by Gasteiger charge is -2.20. The number of aryl methyl sites for hydroxylation is 3. The lowest BCUT2D eigenvalue weighted by molar-refractivity contribution is 0.0937. The number of hydrogen-bond donors (Lipinski definition) is 1. The zero-order valence-electron chi connectivity index (χ0n) is 19.1. The van der Waals surface area contributed by atoms with Crippen molar-refractivity contribution in [3.63, 3.8) is 0 Å². The van der Waals surface area contributed by atoms with Crippen molar-refractivity contribution in [2.75, 3.05) is 6.79 Å². The summed E-state index contributed by atoms with van der Waals surface area (Å²) in [6, 6.07) is 13.5. The van der Waals surface area contributed by atoms with E-state index in [2.05, 4.69) is 54.4 Å². The summed E-state index contributed by atoms with van der Waals surface area (Å²) in [5, 5.41) is 8.03. The maximum atomic E-state index is 13.5. The van der Waals surface area contributed by atoms with Crippen LogP contribution in [0.5, 0.6) is 11.5 Å². The van der Waals surface area contributed by atoms with Gasteiger partial charge in [0.2, 0.25) is 6.79 Å². The molecule has 1 aliphatic heterocycles. The van der Waals surface area contributed by atoms with Crippen LogP contribution >= 0.6 is 0 Å². The Morgan fingerprint density at radius 3 is 2.67 bits per heavy atom. The van der Waals surface area contributed by atoms with E-state index in [0.717, 1.165) is 23.1 Å². The fourth-order valence-electron chi connectivity index (χ4n) is 4.35. The van der Waals surface area contributed by atoms with Crippen LogP contribution in [0.4, 0.5) is 0 Å². The Hall–Kier alpha value is -3.87. The van der Waals surface area contributed by atoms with Crippen molar-refractivity contribution in [2.45, 2.75) is 40.2 Å². The molecule has 0 aliphatic carbocycles. The Morgan fingerprint density at radius 2 is 1.88 bits per heavy atom. The molecule has 1 N–H and O–H groups in total. The lowest BCUT2D eigenvalue weighted by atomic mass is 9.96. The number of nitrogens with one attached hydrogen (secondary N) is 1. The van der Waals surface area contributed by atoms with E-state index in [9.17, 15) is 4.79 Å². The summed E-state index contributed by atoms with van der Waals surface area (Å²) in [4.78, 5) is 18.0. The number of pyridine rings is 1. The van der Waals surface area contributed by atoms with Crippen LogP contribution in [0.15, 0.2) is 47.0 Å². The van der Waals surface area contributed by atoms with Crippen LogP contribution in [0, 0.1) is 20.8 Å². The Bertz CT molecular complexity index is 1380. The second-order valence-electron chi connectivity index (χ2n) is 8.38. The second kappa shape index (κ2) is 8.24. The molecule has 7 nitrogen and oxygen atoms in total. The minimum absolute atomic E-state index is 0.115. The van der Waals surface area contributed by atoms with Gasteiger partial charge in [-0.25, -0.2) is 4.98 Å². The molecule has 168 valence electrons. The molecule has 3 heterocycles. The maximum Gasteiger partial charge on any atom is 0.259 e. The molecule has 0 bridgehead atoms. The summed E-state index contributed by atoms with van der Waals surface area (Å²) in [5.41, 5.74) is 6.26.